The standard InChI is InChI=1S/C18H17N3O5S2/c1-11(27-18-20-15-5-3-4-6-16(15)26-18)17(23)19-13-7-9-14(10-8-13)28(24,25)21-12(2)22/h3-11H,1-2H3,(H,19,23)(H,21,22). The van der Waals surface area contributed by atoms with E-state index in [0.29, 0.717) is 22.0 Å². The van der Waals surface area contributed by atoms with Crippen LogP contribution in [-0.2, 0) is 19.6 Å². The molecule has 0 aliphatic carbocycles. The molecule has 1 unspecified atom stereocenters. The quantitative estimate of drug-likeness (QED) is 0.590. The summed E-state index contributed by atoms with van der Waals surface area (Å²) in [4.78, 5) is 27.6. The molecule has 2 amide bonds. The average Bonchev–Trinajstić information content (AvgIpc) is 3.03. The van der Waals surface area contributed by atoms with Gasteiger partial charge in [-0.05, 0) is 43.3 Å². The fourth-order valence-corrected chi connectivity index (χ4v) is 4.06. The van der Waals surface area contributed by atoms with Gasteiger partial charge in [0.1, 0.15) is 5.52 Å². The normalized spacial score (nSPS) is 12.5. The van der Waals surface area contributed by atoms with Gasteiger partial charge in [0.2, 0.25) is 11.8 Å². The maximum absolute atomic E-state index is 12.4. The van der Waals surface area contributed by atoms with Crippen LogP contribution < -0.4 is 10.0 Å². The third kappa shape index (κ3) is 4.70. The van der Waals surface area contributed by atoms with E-state index in [0.717, 1.165) is 6.92 Å². The Kier molecular flexibility index (Phi) is 5.71. The molecule has 0 aliphatic heterocycles. The lowest BCUT2D eigenvalue weighted by atomic mass is 10.3. The number of nitrogens with zero attached hydrogens (tertiary/aromatic N) is 1. The summed E-state index contributed by atoms with van der Waals surface area (Å²) in [6, 6.07) is 12.8. The second kappa shape index (κ2) is 8.03. The number of carbonyl (C=O) groups is 2. The van der Waals surface area contributed by atoms with E-state index in [1.165, 1.54) is 36.0 Å². The molecule has 0 fully saturated rings. The van der Waals surface area contributed by atoms with Crippen LogP contribution >= 0.6 is 11.8 Å². The number of anilines is 1. The van der Waals surface area contributed by atoms with Crippen molar-refractivity contribution in [3.05, 3.63) is 48.5 Å². The number of amides is 2. The third-order valence-corrected chi connectivity index (χ3v) is 6.02. The molecule has 8 nitrogen and oxygen atoms in total. The minimum absolute atomic E-state index is 0.0744. The van der Waals surface area contributed by atoms with Crippen molar-refractivity contribution >= 4 is 50.4 Å². The monoisotopic (exact) mass is 419 g/mol. The lowest BCUT2D eigenvalue weighted by Crippen LogP contribution is -2.28. The van der Waals surface area contributed by atoms with Crippen molar-refractivity contribution in [3.63, 3.8) is 0 Å². The molecule has 1 atom stereocenters. The van der Waals surface area contributed by atoms with Crippen LogP contribution in [0.1, 0.15) is 13.8 Å². The van der Waals surface area contributed by atoms with Crippen molar-refractivity contribution in [1.29, 1.82) is 0 Å². The predicted octanol–water partition coefficient (Wildman–Crippen LogP) is 2.77. The maximum atomic E-state index is 12.4. The van der Waals surface area contributed by atoms with E-state index in [2.05, 4.69) is 10.3 Å². The third-order valence-electron chi connectivity index (χ3n) is 3.63. The smallest absolute Gasteiger partial charge is 0.264 e. The molecule has 0 saturated carbocycles. The lowest BCUT2D eigenvalue weighted by molar-refractivity contribution is -0.117. The number of para-hydroxylation sites is 2. The van der Waals surface area contributed by atoms with Gasteiger partial charge in [-0.2, -0.15) is 0 Å². The number of hydrogen-bond acceptors (Lipinski definition) is 7. The fourth-order valence-electron chi connectivity index (χ4n) is 2.32. The highest BCUT2D eigenvalue weighted by Gasteiger charge is 2.19. The van der Waals surface area contributed by atoms with Crippen LogP contribution in [0.25, 0.3) is 11.1 Å². The molecular weight excluding hydrogens is 402 g/mol. The highest BCUT2D eigenvalue weighted by molar-refractivity contribution is 8.00. The highest BCUT2D eigenvalue weighted by Crippen LogP contribution is 2.27. The minimum Gasteiger partial charge on any atom is -0.431 e. The Balaban J connectivity index is 1.64. The van der Waals surface area contributed by atoms with E-state index in [1.807, 2.05) is 22.9 Å². The number of fused-ring (bicyclic) bond motifs is 1. The first-order valence-electron chi connectivity index (χ1n) is 8.21. The summed E-state index contributed by atoms with van der Waals surface area (Å²) >= 11 is 1.18. The lowest BCUT2D eigenvalue weighted by Gasteiger charge is -2.11. The second-order valence-corrected chi connectivity index (χ2v) is 8.86. The molecular formula is C18H17N3O5S2. The van der Waals surface area contributed by atoms with Crippen LogP contribution in [0.4, 0.5) is 5.69 Å². The van der Waals surface area contributed by atoms with Crippen molar-refractivity contribution in [1.82, 2.24) is 9.71 Å². The van der Waals surface area contributed by atoms with Crippen LogP contribution in [0.3, 0.4) is 0 Å². The number of thioether (sulfide) groups is 1. The zero-order valence-electron chi connectivity index (χ0n) is 15.0. The molecule has 2 aromatic carbocycles. The Morgan fingerprint density at radius 3 is 2.43 bits per heavy atom. The summed E-state index contributed by atoms with van der Waals surface area (Å²) in [5.74, 6) is -0.966. The maximum Gasteiger partial charge on any atom is 0.264 e. The van der Waals surface area contributed by atoms with Crippen molar-refractivity contribution in [2.45, 2.75) is 29.2 Å². The van der Waals surface area contributed by atoms with Crippen LogP contribution in [0, 0.1) is 0 Å². The van der Waals surface area contributed by atoms with Gasteiger partial charge in [-0.15, -0.1) is 0 Å². The van der Waals surface area contributed by atoms with E-state index in [9.17, 15) is 18.0 Å². The van der Waals surface area contributed by atoms with E-state index >= 15 is 0 Å². The zero-order valence-corrected chi connectivity index (χ0v) is 16.6. The van der Waals surface area contributed by atoms with Gasteiger partial charge in [0.25, 0.3) is 15.2 Å². The number of rotatable bonds is 6. The molecule has 1 aromatic heterocycles. The predicted molar refractivity (Wildman–Crippen MR) is 105 cm³/mol. The number of sulfonamides is 1. The highest BCUT2D eigenvalue weighted by atomic mass is 32.2. The fraction of sp³-hybridized carbons (Fsp3) is 0.167. The molecule has 0 radical (unpaired) electrons. The van der Waals surface area contributed by atoms with Crippen molar-refractivity contribution in [2.75, 3.05) is 5.32 Å². The SMILES string of the molecule is CC(=O)NS(=O)(=O)c1ccc(NC(=O)C(C)Sc2nc3ccccc3o2)cc1. The summed E-state index contributed by atoms with van der Waals surface area (Å²) in [5, 5.41) is 2.60. The molecule has 1 heterocycles. The Bertz CT molecular complexity index is 1090. The molecule has 2 N–H and O–H groups in total. The minimum atomic E-state index is -3.91. The molecule has 0 spiro atoms. The largest absolute Gasteiger partial charge is 0.431 e. The van der Waals surface area contributed by atoms with Crippen molar-refractivity contribution in [2.24, 2.45) is 0 Å². The van der Waals surface area contributed by atoms with Gasteiger partial charge in [0.05, 0.1) is 10.1 Å². The van der Waals surface area contributed by atoms with Gasteiger partial charge in [-0.1, -0.05) is 23.9 Å². The van der Waals surface area contributed by atoms with Crippen LogP contribution in [0.5, 0.6) is 0 Å². The molecule has 0 bridgehead atoms. The van der Waals surface area contributed by atoms with E-state index in [1.54, 1.807) is 13.0 Å². The average molecular weight is 419 g/mol. The van der Waals surface area contributed by atoms with Crippen molar-refractivity contribution < 1.29 is 22.4 Å². The van der Waals surface area contributed by atoms with Crippen LogP contribution in [-0.4, -0.2) is 30.5 Å². The first-order chi connectivity index (χ1) is 13.2. The molecule has 10 heteroatoms. The van der Waals surface area contributed by atoms with Gasteiger partial charge < -0.3 is 9.73 Å². The summed E-state index contributed by atoms with van der Waals surface area (Å²) in [7, 11) is -3.91. The number of carbonyl (C=O) groups excluding carboxylic acids is 2. The van der Waals surface area contributed by atoms with Gasteiger partial charge in [-0.25, -0.2) is 18.1 Å². The van der Waals surface area contributed by atoms with Crippen LogP contribution in [0.2, 0.25) is 0 Å². The number of hydrogen-bond donors (Lipinski definition) is 2. The number of oxazole rings is 1. The Hall–Kier alpha value is -2.85. The van der Waals surface area contributed by atoms with Gasteiger partial charge in [0.15, 0.2) is 5.58 Å². The summed E-state index contributed by atoms with van der Waals surface area (Å²) in [5.41, 5.74) is 1.79. The zero-order chi connectivity index (χ0) is 20.3. The first kappa shape index (κ1) is 19.9. The molecule has 3 aromatic rings. The van der Waals surface area contributed by atoms with Gasteiger partial charge in [0, 0.05) is 12.6 Å². The number of benzene rings is 2. The molecule has 28 heavy (non-hydrogen) atoms. The van der Waals surface area contributed by atoms with Crippen LogP contribution in [0.15, 0.2) is 63.1 Å². The molecule has 0 saturated heterocycles. The van der Waals surface area contributed by atoms with E-state index < -0.39 is 21.2 Å². The summed E-state index contributed by atoms with van der Waals surface area (Å²) in [6.07, 6.45) is 0. The molecule has 3 rings (SSSR count). The van der Waals surface area contributed by atoms with Crippen molar-refractivity contribution in [3.8, 4) is 0 Å². The Labute approximate surface area is 165 Å². The number of nitrogens with one attached hydrogen (secondary N) is 2. The van der Waals surface area contributed by atoms with Gasteiger partial charge in [-0.3, -0.25) is 9.59 Å². The van der Waals surface area contributed by atoms with E-state index in [4.69, 9.17) is 4.42 Å². The molecule has 146 valence electrons. The van der Waals surface area contributed by atoms with E-state index in [-0.39, 0.29) is 10.8 Å². The first-order valence-corrected chi connectivity index (χ1v) is 10.6. The molecule has 0 aliphatic rings. The summed E-state index contributed by atoms with van der Waals surface area (Å²) < 4.78 is 31.3. The Morgan fingerprint density at radius 1 is 1.11 bits per heavy atom. The van der Waals surface area contributed by atoms with Gasteiger partial charge >= 0.3 is 0 Å². The topological polar surface area (TPSA) is 118 Å². The Morgan fingerprint density at radius 2 is 1.79 bits per heavy atom. The number of aromatic nitrogens is 1. The second-order valence-electron chi connectivity index (χ2n) is 5.88. The summed E-state index contributed by atoms with van der Waals surface area (Å²) in [6.45, 7) is 2.83.